The number of epoxide rings is 1. The Morgan fingerprint density at radius 1 is 1.19 bits per heavy atom. The molecule has 1 aliphatic carbocycles. The van der Waals surface area contributed by atoms with Gasteiger partial charge in [-0.05, 0) is 50.0 Å². The van der Waals surface area contributed by atoms with E-state index in [2.05, 4.69) is 11.8 Å². The van der Waals surface area contributed by atoms with Crippen molar-refractivity contribution in [1.29, 1.82) is 0 Å². The van der Waals surface area contributed by atoms with Crippen LogP contribution in [0.2, 0.25) is 0 Å². The van der Waals surface area contributed by atoms with Crippen molar-refractivity contribution >= 4 is 12.0 Å². The molecule has 4 atom stereocenters. The van der Waals surface area contributed by atoms with Crippen LogP contribution in [0.15, 0.2) is 18.2 Å². The van der Waals surface area contributed by atoms with E-state index in [4.69, 9.17) is 34.3 Å². The predicted octanol–water partition coefficient (Wildman–Crippen LogP) is 2.50. The second-order valence-electron chi connectivity index (χ2n) is 8.16. The summed E-state index contributed by atoms with van der Waals surface area (Å²) in [5, 5.41) is 0. The molecule has 1 aromatic carbocycles. The van der Waals surface area contributed by atoms with Crippen LogP contribution in [0, 0.1) is 5.92 Å². The minimum atomic E-state index is -0.398. The number of methoxy groups -OCH3 is 3. The molecule has 2 N–H and O–H groups in total. The molecule has 2 fully saturated rings. The van der Waals surface area contributed by atoms with E-state index >= 15 is 0 Å². The third kappa shape index (κ3) is 5.92. The van der Waals surface area contributed by atoms with Gasteiger partial charge in [0.2, 0.25) is 5.75 Å². The van der Waals surface area contributed by atoms with Gasteiger partial charge in [-0.1, -0.05) is 0 Å². The molecule has 0 spiro atoms. The zero-order valence-electron chi connectivity index (χ0n) is 19.1. The summed E-state index contributed by atoms with van der Waals surface area (Å²) in [7, 11) is 4.78. The molecule has 178 valence electrons. The Balaban J connectivity index is 1.63. The summed E-state index contributed by atoms with van der Waals surface area (Å²) in [6, 6.07) is 3.49. The molecule has 2 aliphatic rings. The molecular formula is C23H33NO8. The van der Waals surface area contributed by atoms with Crippen molar-refractivity contribution in [3.8, 4) is 17.2 Å². The van der Waals surface area contributed by atoms with E-state index in [9.17, 15) is 4.79 Å². The highest BCUT2D eigenvalue weighted by Gasteiger charge is 2.52. The highest BCUT2D eigenvalue weighted by Crippen LogP contribution is 2.44. The minimum Gasteiger partial charge on any atom is -0.493 e. The first-order chi connectivity index (χ1) is 15.4. The summed E-state index contributed by atoms with van der Waals surface area (Å²) in [6.07, 6.45) is 5.37. The van der Waals surface area contributed by atoms with E-state index in [1.54, 1.807) is 25.3 Å². The number of benzene rings is 1. The number of esters is 1. The highest BCUT2D eigenvalue weighted by atomic mass is 16.6. The number of nitrogens with two attached hydrogens (primary N) is 1. The summed E-state index contributed by atoms with van der Waals surface area (Å²) >= 11 is 0. The van der Waals surface area contributed by atoms with Gasteiger partial charge in [0.25, 0.3) is 0 Å². The third-order valence-corrected chi connectivity index (χ3v) is 6.05. The standard InChI is InChI=1S/C23H33NO8/c1-23(14-30-23)17-13-16(6-7-18(17)26-2)32-21(25)8-5-15-11-19(27-3)22(20(12-15)28-4)29-9-10-31-24/h5,8,11-12,16-18H,6-7,9-10,13-14,24H2,1-4H3/b8-5+/t16-,17?,18?,23?/m1/s1. The van der Waals surface area contributed by atoms with Gasteiger partial charge in [0.1, 0.15) is 19.3 Å². The molecule has 1 saturated heterocycles. The van der Waals surface area contributed by atoms with Crippen LogP contribution in [0.5, 0.6) is 17.2 Å². The average molecular weight is 452 g/mol. The van der Waals surface area contributed by atoms with E-state index in [0.29, 0.717) is 22.8 Å². The maximum absolute atomic E-state index is 12.5. The smallest absolute Gasteiger partial charge is 0.331 e. The fraction of sp³-hybridized carbons (Fsp3) is 0.609. The number of carbonyl (C=O) groups is 1. The molecule has 0 aromatic heterocycles. The Kier molecular flexibility index (Phi) is 8.36. The van der Waals surface area contributed by atoms with E-state index in [1.807, 2.05) is 0 Å². The monoisotopic (exact) mass is 451 g/mol. The molecule has 3 unspecified atom stereocenters. The summed E-state index contributed by atoms with van der Waals surface area (Å²) in [4.78, 5) is 17.0. The molecule has 1 aliphatic heterocycles. The van der Waals surface area contributed by atoms with E-state index in [1.165, 1.54) is 20.3 Å². The molecule has 32 heavy (non-hydrogen) atoms. The Bertz CT molecular complexity index is 782. The fourth-order valence-corrected chi connectivity index (χ4v) is 4.16. The van der Waals surface area contributed by atoms with Gasteiger partial charge in [-0.25, -0.2) is 10.7 Å². The van der Waals surface area contributed by atoms with Crippen molar-refractivity contribution in [1.82, 2.24) is 0 Å². The van der Waals surface area contributed by atoms with Gasteiger partial charge in [-0.15, -0.1) is 0 Å². The van der Waals surface area contributed by atoms with Gasteiger partial charge in [0, 0.05) is 19.1 Å². The Labute approximate surface area is 188 Å². The normalized spacial score (nSPS) is 27.2. The Morgan fingerprint density at radius 2 is 1.88 bits per heavy atom. The van der Waals surface area contributed by atoms with E-state index < -0.39 is 5.97 Å². The maximum atomic E-state index is 12.5. The number of hydrogen-bond donors (Lipinski definition) is 1. The Morgan fingerprint density at radius 3 is 2.44 bits per heavy atom. The molecule has 3 rings (SSSR count). The van der Waals surface area contributed by atoms with Crippen molar-refractivity contribution in [2.75, 3.05) is 41.2 Å². The van der Waals surface area contributed by atoms with Crippen LogP contribution in [-0.4, -0.2) is 64.9 Å². The van der Waals surface area contributed by atoms with Crippen molar-refractivity contribution in [3.63, 3.8) is 0 Å². The third-order valence-electron chi connectivity index (χ3n) is 6.05. The predicted molar refractivity (Wildman–Crippen MR) is 117 cm³/mol. The van der Waals surface area contributed by atoms with Crippen molar-refractivity contribution in [3.05, 3.63) is 23.8 Å². The molecule has 1 saturated carbocycles. The molecule has 0 radical (unpaired) electrons. The van der Waals surface area contributed by atoms with Crippen LogP contribution in [0.25, 0.3) is 6.08 Å². The maximum Gasteiger partial charge on any atom is 0.331 e. The first kappa shape index (κ1) is 24.3. The number of rotatable bonds is 11. The largest absolute Gasteiger partial charge is 0.493 e. The van der Waals surface area contributed by atoms with Crippen LogP contribution in [0.1, 0.15) is 31.7 Å². The lowest BCUT2D eigenvalue weighted by atomic mass is 9.77. The summed E-state index contributed by atoms with van der Waals surface area (Å²) in [5.41, 5.74) is 0.535. The zero-order chi connectivity index (χ0) is 23.1. The SMILES string of the molecule is COc1cc(/C=C/C(=O)O[C@@H]2CCC(OC)C(C3(C)CO3)C2)cc(OC)c1OCCON. The number of hydrogen-bond acceptors (Lipinski definition) is 9. The Hall–Kier alpha value is -2.33. The van der Waals surface area contributed by atoms with E-state index in [-0.39, 0.29) is 36.9 Å². The second-order valence-corrected chi connectivity index (χ2v) is 8.16. The molecule has 1 heterocycles. The van der Waals surface area contributed by atoms with Crippen LogP contribution >= 0.6 is 0 Å². The average Bonchev–Trinajstić information content (AvgIpc) is 3.56. The van der Waals surface area contributed by atoms with Crippen molar-refractivity contribution in [2.24, 2.45) is 11.8 Å². The van der Waals surface area contributed by atoms with Gasteiger partial charge in [-0.2, -0.15) is 0 Å². The van der Waals surface area contributed by atoms with Gasteiger partial charge < -0.3 is 33.3 Å². The molecule has 1 aromatic rings. The number of carbonyl (C=O) groups excluding carboxylic acids is 1. The summed E-state index contributed by atoms with van der Waals surface area (Å²) in [5.74, 6) is 6.21. The molecule has 0 bridgehead atoms. The lowest BCUT2D eigenvalue weighted by Gasteiger charge is -2.36. The number of ether oxygens (including phenoxy) is 6. The van der Waals surface area contributed by atoms with Gasteiger partial charge >= 0.3 is 5.97 Å². The quantitative estimate of drug-likeness (QED) is 0.178. The first-order valence-corrected chi connectivity index (χ1v) is 10.7. The van der Waals surface area contributed by atoms with Crippen LogP contribution in [-0.2, 0) is 23.8 Å². The summed E-state index contributed by atoms with van der Waals surface area (Å²) in [6.45, 7) is 3.27. The molecule has 9 nitrogen and oxygen atoms in total. The summed E-state index contributed by atoms with van der Waals surface area (Å²) < 4.78 is 33.4. The molecular weight excluding hydrogens is 418 g/mol. The van der Waals surface area contributed by atoms with Gasteiger partial charge in [0.15, 0.2) is 11.5 Å². The van der Waals surface area contributed by atoms with Crippen molar-refractivity contribution < 1.29 is 38.1 Å². The van der Waals surface area contributed by atoms with Crippen LogP contribution < -0.4 is 20.1 Å². The topological polar surface area (TPSA) is 111 Å². The second kappa shape index (κ2) is 11.0. The van der Waals surface area contributed by atoms with Crippen molar-refractivity contribution in [2.45, 2.75) is 44.0 Å². The van der Waals surface area contributed by atoms with Crippen LogP contribution in [0.4, 0.5) is 0 Å². The fourth-order valence-electron chi connectivity index (χ4n) is 4.16. The lowest BCUT2D eigenvalue weighted by Crippen LogP contribution is -2.42. The van der Waals surface area contributed by atoms with E-state index in [0.717, 1.165) is 25.9 Å². The molecule has 0 amide bonds. The van der Waals surface area contributed by atoms with Crippen LogP contribution in [0.3, 0.4) is 0 Å². The van der Waals surface area contributed by atoms with Gasteiger partial charge in [-0.3, -0.25) is 0 Å². The highest BCUT2D eigenvalue weighted by molar-refractivity contribution is 5.87. The van der Waals surface area contributed by atoms with Gasteiger partial charge in [0.05, 0.1) is 32.5 Å². The lowest BCUT2D eigenvalue weighted by molar-refractivity contribution is -0.148. The molecule has 9 heteroatoms. The minimum absolute atomic E-state index is 0.130. The zero-order valence-corrected chi connectivity index (χ0v) is 19.1. The first-order valence-electron chi connectivity index (χ1n) is 10.7.